The van der Waals surface area contributed by atoms with Gasteiger partial charge in [0.2, 0.25) is 0 Å². The molecule has 1 atom stereocenters. The number of hydrogen-bond donors (Lipinski definition) is 0. The second-order valence-corrected chi connectivity index (χ2v) is 3.08. The molecule has 0 aliphatic carbocycles. The van der Waals surface area contributed by atoms with E-state index in [-0.39, 0.29) is 12.1 Å². The van der Waals surface area contributed by atoms with E-state index >= 15 is 0 Å². The molecule has 74 valence electrons. The van der Waals surface area contributed by atoms with Crippen LogP contribution in [-0.4, -0.2) is 12.1 Å². The number of rotatable bonds is 3. The van der Waals surface area contributed by atoms with Crippen LogP contribution in [0, 0.1) is 0 Å². The molecule has 0 saturated carbocycles. The third kappa shape index (κ3) is 3.90. The van der Waals surface area contributed by atoms with Crippen molar-refractivity contribution in [1.82, 2.24) is 0 Å². The fourth-order valence-electron chi connectivity index (χ4n) is 1.11. The fourth-order valence-corrected chi connectivity index (χ4v) is 1.11. The van der Waals surface area contributed by atoms with Crippen molar-refractivity contribution >= 4 is 12.0 Å². The van der Waals surface area contributed by atoms with Crippen LogP contribution in [0.5, 0.6) is 0 Å². The molecule has 0 bridgehead atoms. The van der Waals surface area contributed by atoms with Crippen LogP contribution in [-0.2, 0) is 9.53 Å². The minimum Gasteiger partial charge on any atom is -0.459 e. The Morgan fingerprint density at radius 2 is 2.00 bits per heavy atom. The molecule has 1 unspecified atom stereocenters. The normalized spacial score (nSPS) is 12.7. The Balaban J connectivity index is 2.52. The van der Waals surface area contributed by atoms with Crippen molar-refractivity contribution in [3.8, 4) is 0 Å². The van der Waals surface area contributed by atoms with Crippen LogP contribution in [0.15, 0.2) is 36.4 Å². The van der Waals surface area contributed by atoms with Crippen LogP contribution in [0.1, 0.15) is 19.4 Å². The molecule has 0 spiro atoms. The van der Waals surface area contributed by atoms with E-state index in [2.05, 4.69) is 0 Å². The molecule has 0 aliphatic rings. The molecular weight excluding hydrogens is 176 g/mol. The Labute approximate surface area is 84.2 Å². The molecular formula is C12H14O2. The molecule has 0 aliphatic heterocycles. The van der Waals surface area contributed by atoms with Gasteiger partial charge in [0.1, 0.15) is 6.10 Å². The average Bonchev–Trinajstić information content (AvgIpc) is 2.15. The van der Waals surface area contributed by atoms with Crippen LogP contribution in [0.3, 0.4) is 0 Å². The maximum Gasteiger partial charge on any atom is 0.303 e. The number of carbonyl (C=O) groups excluding carboxylic acids is 1. The second-order valence-electron chi connectivity index (χ2n) is 3.08. The SMILES string of the molecule is CC(=O)OC(C)C=Cc1ccccc1. The molecule has 14 heavy (non-hydrogen) atoms. The van der Waals surface area contributed by atoms with Gasteiger partial charge in [-0.05, 0) is 18.6 Å². The van der Waals surface area contributed by atoms with E-state index in [1.165, 1.54) is 6.92 Å². The van der Waals surface area contributed by atoms with Gasteiger partial charge in [0.15, 0.2) is 0 Å². The first-order valence-electron chi connectivity index (χ1n) is 4.59. The first kappa shape index (κ1) is 10.5. The average molecular weight is 190 g/mol. The molecule has 2 nitrogen and oxygen atoms in total. The Morgan fingerprint density at radius 3 is 2.57 bits per heavy atom. The number of esters is 1. The van der Waals surface area contributed by atoms with E-state index in [4.69, 9.17) is 4.74 Å². The van der Waals surface area contributed by atoms with Crippen molar-refractivity contribution in [1.29, 1.82) is 0 Å². The molecule has 0 N–H and O–H groups in total. The van der Waals surface area contributed by atoms with Crippen molar-refractivity contribution in [2.45, 2.75) is 20.0 Å². The maximum atomic E-state index is 10.6. The van der Waals surface area contributed by atoms with Crippen LogP contribution in [0.4, 0.5) is 0 Å². The van der Waals surface area contributed by atoms with Gasteiger partial charge in [-0.2, -0.15) is 0 Å². The van der Waals surface area contributed by atoms with Crippen LogP contribution in [0.25, 0.3) is 6.08 Å². The van der Waals surface area contributed by atoms with Gasteiger partial charge in [-0.3, -0.25) is 4.79 Å². The molecule has 0 fully saturated rings. The summed E-state index contributed by atoms with van der Waals surface area (Å²) < 4.78 is 4.95. The van der Waals surface area contributed by atoms with Gasteiger partial charge in [-0.25, -0.2) is 0 Å². The highest BCUT2D eigenvalue weighted by molar-refractivity contribution is 5.66. The largest absolute Gasteiger partial charge is 0.459 e. The number of hydrogen-bond acceptors (Lipinski definition) is 2. The van der Waals surface area contributed by atoms with Crippen LogP contribution >= 0.6 is 0 Å². The van der Waals surface area contributed by atoms with E-state index in [1.54, 1.807) is 0 Å². The van der Waals surface area contributed by atoms with Gasteiger partial charge in [0.05, 0.1) is 0 Å². The van der Waals surface area contributed by atoms with Crippen molar-refractivity contribution < 1.29 is 9.53 Å². The smallest absolute Gasteiger partial charge is 0.303 e. The molecule has 0 radical (unpaired) electrons. The second kappa shape index (κ2) is 5.22. The zero-order valence-electron chi connectivity index (χ0n) is 8.44. The summed E-state index contributed by atoms with van der Waals surface area (Å²) in [5, 5.41) is 0. The molecule has 0 heterocycles. The van der Waals surface area contributed by atoms with Gasteiger partial charge in [0, 0.05) is 6.92 Å². The Morgan fingerprint density at radius 1 is 1.36 bits per heavy atom. The van der Waals surface area contributed by atoms with Crippen molar-refractivity contribution in [3.05, 3.63) is 42.0 Å². The van der Waals surface area contributed by atoms with E-state index in [9.17, 15) is 4.79 Å². The lowest BCUT2D eigenvalue weighted by atomic mass is 10.2. The van der Waals surface area contributed by atoms with E-state index < -0.39 is 0 Å². The molecule has 0 aromatic heterocycles. The lowest BCUT2D eigenvalue weighted by Crippen LogP contribution is -2.08. The Kier molecular flexibility index (Phi) is 3.92. The first-order chi connectivity index (χ1) is 6.68. The lowest BCUT2D eigenvalue weighted by Gasteiger charge is -2.05. The van der Waals surface area contributed by atoms with E-state index in [0.717, 1.165) is 5.56 Å². The minimum absolute atomic E-state index is 0.173. The highest BCUT2D eigenvalue weighted by Gasteiger charge is 1.98. The number of carbonyl (C=O) groups is 1. The number of ether oxygens (including phenoxy) is 1. The molecule has 1 aromatic carbocycles. The van der Waals surface area contributed by atoms with Crippen molar-refractivity contribution in [2.24, 2.45) is 0 Å². The van der Waals surface area contributed by atoms with E-state index in [1.807, 2.05) is 49.4 Å². The minimum atomic E-state index is -0.254. The van der Waals surface area contributed by atoms with Crippen LogP contribution < -0.4 is 0 Å². The zero-order chi connectivity index (χ0) is 10.4. The van der Waals surface area contributed by atoms with Gasteiger partial charge < -0.3 is 4.74 Å². The maximum absolute atomic E-state index is 10.6. The predicted octanol–water partition coefficient (Wildman–Crippen LogP) is 2.65. The summed E-state index contributed by atoms with van der Waals surface area (Å²) in [5.74, 6) is -0.254. The highest BCUT2D eigenvalue weighted by Crippen LogP contribution is 2.03. The summed E-state index contributed by atoms with van der Waals surface area (Å²) in [6, 6.07) is 9.90. The molecule has 2 heteroatoms. The summed E-state index contributed by atoms with van der Waals surface area (Å²) in [4.78, 5) is 10.6. The van der Waals surface area contributed by atoms with Crippen molar-refractivity contribution in [3.63, 3.8) is 0 Å². The topological polar surface area (TPSA) is 26.3 Å². The number of benzene rings is 1. The van der Waals surface area contributed by atoms with Gasteiger partial charge >= 0.3 is 5.97 Å². The third-order valence-corrected chi connectivity index (χ3v) is 1.71. The summed E-state index contributed by atoms with van der Waals surface area (Å²) in [6.07, 6.45) is 3.62. The monoisotopic (exact) mass is 190 g/mol. The highest BCUT2D eigenvalue weighted by atomic mass is 16.5. The van der Waals surface area contributed by atoms with Gasteiger partial charge in [-0.1, -0.05) is 36.4 Å². The van der Waals surface area contributed by atoms with Gasteiger partial charge in [-0.15, -0.1) is 0 Å². The van der Waals surface area contributed by atoms with Gasteiger partial charge in [0.25, 0.3) is 0 Å². The molecule has 1 rings (SSSR count). The Hall–Kier alpha value is -1.57. The summed E-state index contributed by atoms with van der Waals surface area (Å²) in [5.41, 5.74) is 1.10. The third-order valence-electron chi connectivity index (χ3n) is 1.71. The summed E-state index contributed by atoms with van der Waals surface area (Å²) in [7, 11) is 0. The molecule has 1 aromatic rings. The standard InChI is InChI=1S/C12H14O2/c1-10(14-11(2)13)8-9-12-6-4-3-5-7-12/h3-10H,1-2H3. The summed E-state index contributed by atoms with van der Waals surface area (Å²) >= 11 is 0. The Bertz CT molecular complexity index is 314. The quantitative estimate of drug-likeness (QED) is 0.685. The fraction of sp³-hybridized carbons (Fsp3) is 0.250. The predicted molar refractivity (Wildman–Crippen MR) is 56.7 cm³/mol. The first-order valence-corrected chi connectivity index (χ1v) is 4.59. The summed E-state index contributed by atoms with van der Waals surface area (Å²) in [6.45, 7) is 3.24. The molecule has 0 saturated heterocycles. The van der Waals surface area contributed by atoms with E-state index in [0.29, 0.717) is 0 Å². The van der Waals surface area contributed by atoms with Crippen molar-refractivity contribution in [2.75, 3.05) is 0 Å². The molecule has 0 amide bonds. The lowest BCUT2D eigenvalue weighted by molar-refractivity contribution is -0.143. The van der Waals surface area contributed by atoms with Crippen LogP contribution in [0.2, 0.25) is 0 Å². The zero-order valence-corrected chi connectivity index (χ0v) is 8.44.